The van der Waals surface area contributed by atoms with Crippen molar-refractivity contribution in [3.63, 3.8) is 0 Å². The molecule has 0 aromatic carbocycles. The molecule has 0 aromatic rings. The largest absolute Gasteiger partial charge is 0.300 e. The maximum atomic E-state index is 10.4. The first-order chi connectivity index (χ1) is 6.18. The minimum atomic E-state index is -0.229. The van der Waals surface area contributed by atoms with Crippen LogP contribution in [0.1, 0.15) is 26.2 Å². The molecule has 2 rings (SSSR count). The van der Waals surface area contributed by atoms with Crippen LogP contribution in [0.25, 0.3) is 0 Å². The first-order valence-electron chi connectivity index (χ1n) is 5.06. The highest BCUT2D eigenvalue weighted by Gasteiger charge is 2.49. The molecule has 2 fully saturated rings. The summed E-state index contributed by atoms with van der Waals surface area (Å²) < 4.78 is 0. The molecule has 13 heavy (non-hydrogen) atoms. The maximum absolute atomic E-state index is 10.4. The molecule has 1 saturated heterocycles. The molecule has 0 spiro atoms. The minimum Gasteiger partial charge on any atom is -0.300 e. The Bertz CT molecular complexity index is 220. The summed E-state index contributed by atoms with van der Waals surface area (Å²) in [5.74, 6) is 0.343. The van der Waals surface area contributed by atoms with E-state index in [1.807, 2.05) is 0 Å². The van der Waals surface area contributed by atoms with E-state index >= 15 is 0 Å². The fraction of sp³-hybridized carbons (Fsp3) is 1.00. The molecule has 0 radical (unpaired) electrons. The van der Waals surface area contributed by atoms with Gasteiger partial charge in [-0.1, -0.05) is 0 Å². The molecule has 1 saturated carbocycles. The lowest BCUT2D eigenvalue weighted by atomic mass is 10.2. The summed E-state index contributed by atoms with van der Waals surface area (Å²) in [6.45, 7) is 4.31. The van der Waals surface area contributed by atoms with Crippen molar-refractivity contribution in [3.05, 3.63) is 10.1 Å². The van der Waals surface area contributed by atoms with Gasteiger partial charge in [-0.3, -0.25) is 10.1 Å². The third-order valence-electron chi connectivity index (χ3n) is 3.32. The van der Waals surface area contributed by atoms with Crippen molar-refractivity contribution in [3.8, 4) is 0 Å². The van der Waals surface area contributed by atoms with E-state index in [9.17, 15) is 10.1 Å². The Morgan fingerprint density at radius 2 is 2.38 bits per heavy atom. The van der Waals surface area contributed by atoms with Crippen LogP contribution >= 0.6 is 0 Å². The van der Waals surface area contributed by atoms with Gasteiger partial charge in [0, 0.05) is 29.8 Å². The molecule has 3 atom stereocenters. The Morgan fingerprint density at radius 3 is 2.85 bits per heavy atom. The molecule has 1 aliphatic carbocycles. The predicted octanol–water partition coefficient (Wildman–Crippen LogP) is 1.14. The van der Waals surface area contributed by atoms with Gasteiger partial charge < -0.3 is 4.90 Å². The zero-order chi connectivity index (χ0) is 9.42. The average Bonchev–Trinajstić information content (AvgIpc) is 2.72. The topological polar surface area (TPSA) is 46.4 Å². The Hall–Kier alpha value is -0.640. The number of nitro groups is 1. The third-order valence-corrected chi connectivity index (χ3v) is 3.32. The maximum Gasteiger partial charge on any atom is 0.218 e. The van der Waals surface area contributed by atoms with E-state index in [2.05, 4.69) is 11.8 Å². The molecule has 0 N–H and O–H groups in total. The molecule has 74 valence electrons. The van der Waals surface area contributed by atoms with E-state index in [0.717, 1.165) is 19.5 Å². The van der Waals surface area contributed by atoms with Gasteiger partial charge in [0.1, 0.15) is 0 Å². The van der Waals surface area contributed by atoms with Crippen LogP contribution in [0.2, 0.25) is 0 Å². The highest BCUT2D eigenvalue weighted by molar-refractivity contribution is 4.91. The SMILES string of the molecule is CC1CCCN1CC1CC1[N+](=O)[O-]. The highest BCUT2D eigenvalue weighted by Crippen LogP contribution is 2.35. The summed E-state index contributed by atoms with van der Waals surface area (Å²) in [7, 11) is 0. The van der Waals surface area contributed by atoms with E-state index in [1.165, 1.54) is 12.8 Å². The minimum absolute atomic E-state index is 0.120. The summed E-state index contributed by atoms with van der Waals surface area (Å²) in [5.41, 5.74) is 0. The van der Waals surface area contributed by atoms with Crippen molar-refractivity contribution in [1.82, 2.24) is 4.90 Å². The normalized spacial score (nSPS) is 39.3. The van der Waals surface area contributed by atoms with Crippen molar-refractivity contribution in [2.75, 3.05) is 13.1 Å². The summed E-state index contributed by atoms with van der Waals surface area (Å²) in [6, 6.07) is 0.417. The van der Waals surface area contributed by atoms with E-state index in [-0.39, 0.29) is 11.0 Å². The lowest BCUT2D eigenvalue weighted by Crippen LogP contribution is -2.30. The predicted molar refractivity (Wildman–Crippen MR) is 49.2 cm³/mol. The second kappa shape index (κ2) is 3.25. The molecule has 1 aliphatic heterocycles. The molecular weight excluding hydrogens is 168 g/mol. The fourth-order valence-corrected chi connectivity index (χ4v) is 2.25. The number of likely N-dealkylation sites (tertiary alicyclic amines) is 1. The molecule has 3 unspecified atom stereocenters. The van der Waals surface area contributed by atoms with Gasteiger partial charge in [0.15, 0.2) is 0 Å². The van der Waals surface area contributed by atoms with Crippen LogP contribution in [0.3, 0.4) is 0 Å². The quantitative estimate of drug-likeness (QED) is 0.488. The molecule has 0 aromatic heterocycles. The highest BCUT2D eigenvalue weighted by atomic mass is 16.6. The molecular formula is C9H16N2O2. The second-order valence-electron chi connectivity index (χ2n) is 4.33. The summed E-state index contributed by atoms with van der Waals surface area (Å²) in [5, 5.41) is 10.4. The smallest absolute Gasteiger partial charge is 0.218 e. The standard InChI is InChI=1S/C9H16N2O2/c1-7-3-2-4-10(7)6-8-5-9(8)11(12)13/h7-9H,2-6H2,1H3. The Labute approximate surface area is 78.1 Å². The molecule has 4 nitrogen and oxygen atoms in total. The van der Waals surface area contributed by atoms with Crippen LogP contribution in [-0.2, 0) is 0 Å². The number of hydrogen-bond acceptors (Lipinski definition) is 3. The number of hydrogen-bond donors (Lipinski definition) is 0. The fourth-order valence-electron chi connectivity index (χ4n) is 2.25. The monoisotopic (exact) mass is 184 g/mol. The van der Waals surface area contributed by atoms with Crippen LogP contribution in [0.4, 0.5) is 0 Å². The lowest BCUT2D eigenvalue weighted by molar-refractivity contribution is -0.498. The summed E-state index contributed by atoms with van der Waals surface area (Å²) in [4.78, 5) is 12.7. The van der Waals surface area contributed by atoms with Crippen LogP contribution in [-0.4, -0.2) is 35.0 Å². The van der Waals surface area contributed by atoms with Crippen LogP contribution in [0, 0.1) is 16.0 Å². The first kappa shape index (κ1) is 8.94. The molecule has 4 heteroatoms. The zero-order valence-corrected chi connectivity index (χ0v) is 7.98. The van der Waals surface area contributed by atoms with Crippen molar-refractivity contribution < 1.29 is 4.92 Å². The van der Waals surface area contributed by atoms with Crippen molar-refractivity contribution >= 4 is 0 Å². The van der Waals surface area contributed by atoms with Gasteiger partial charge in [-0.25, -0.2) is 0 Å². The Kier molecular flexibility index (Phi) is 2.24. The molecule has 0 bridgehead atoms. The summed E-state index contributed by atoms with van der Waals surface area (Å²) in [6.07, 6.45) is 3.32. The molecule has 0 amide bonds. The van der Waals surface area contributed by atoms with Gasteiger partial charge in [0.2, 0.25) is 6.04 Å². The van der Waals surface area contributed by atoms with Gasteiger partial charge in [-0.05, 0) is 26.3 Å². The van der Waals surface area contributed by atoms with Crippen molar-refractivity contribution in [2.24, 2.45) is 5.92 Å². The van der Waals surface area contributed by atoms with Gasteiger partial charge in [0.25, 0.3) is 0 Å². The van der Waals surface area contributed by atoms with Crippen LogP contribution in [0.15, 0.2) is 0 Å². The van der Waals surface area contributed by atoms with Gasteiger partial charge in [-0.15, -0.1) is 0 Å². The lowest BCUT2D eigenvalue weighted by Gasteiger charge is -2.19. The van der Waals surface area contributed by atoms with Crippen molar-refractivity contribution in [1.29, 1.82) is 0 Å². The summed E-state index contributed by atoms with van der Waals surface area (Å²) >= 11 is 0. The van der Waals surface area contributed by atoms with Crippen LogP contribution in [0.5, 0.6) is 0 Å². The average molecular weight is 184 g/mol. The van der Waals surface area contributed by atoms with Crippen molar-refractivity contribution in [2.45, 2.75) is 38.3 Å². The van der Waals surface area contributed by atoms with E-state index in [1.54, 1.807) is 0 Å². The molecule has 2 aliphatic rings. The first-order valence-corrected chi connectivity index (χ1v) is 5.06. The van der Waals surface area contributed by atoms with E-state index in [4.69, 9.17) is 0 Å². The Balaban J connectivity index is 1.77. The number of nitrogens with zero attached hydrogens (tertiary/aromatic N) is 2. The third kappa shape index (κ3) is 1.82. The second-order valence-corrected chi connectivity index (χ2v) is 4.33. The van der Waals surface area contributed by atoms with Gasteiger partial charge in [-0.2, -0.15) is 0 Å². The molecule has 1 heterocycles. The van der Waals surface area contributed by atoms with E-state index < -0.39 is 0 Å². The van der Waals surface area contributed by atoms with Gasteiger partial charge in [0.05, 0.1) is 0 Å². The van der Waals surface area contributed by atoms with Gasteiger partial charge >= 0.3 is 0 Å². The van der Waals surface area contributed by atoms with E-state index in [0.29, 0.717) is 12.0 Å². The Morgan fingerprint density at radius 1 is 1.62 bits per heavy atom. The zero-order valence-electron chi connectivity index (χ0n) is 7.98. The van der Waals surface area contributed by atoms with Crippen LogP contribution < -0.4 is 0 Å². The number of rotatable bonds is 3.